The highest BCUT2D eigenvalue weighted by Crippen LogP contribution is 2.30. The van der Waals surface area contributed by atoms with E-state index in [1.165, 1.54) is 43.5 Å². The molecule has 0 saturated carbocycles. The highest BCUT2D eigenvalue weighted by molar-refractivity contribution is 5.93. The minimum absolute atomic E-state index is 0.0786. The van der Waals surface area contributed by atoms with Crippen molar-refractivity contribution >= 4 is 5.97 Å². The normalized spacial score (nSPS) is 10.4. The standard InChI is InChI=1S/C16H14F2O5/c1-21-13-8-4-6-11(14(13)19)15(20)22-9-10-5-2-3-7-12(10)23-16(17)18/h2-8,16,19H,9H2,1H3. The molecule has 0 radical (unpaired) electrons. The van der Waals surface area contributed by atoms with Gasteiger partial charge in [-0.1, -0.05) is 24.3 Å². The zero-order valence-electron chi connectivity index (χ0n) is 12.2. The van der Waals surface area contributed by atoms with Crippen LogP contribution < -0.4 is 9.47 Å². The average Bonchev–Trinajstić information content (AvgIpc) is 2.53. The molecule has 1 N–H and O–H groups in total. The molecule has 2 rings (SSSR count). The Kier molecular flexibility index (Phi) is 5.35. The summed E-state index contributed by atoms with van der Waals surface area (Å²) < 4.78 is 38.9. The second-order valence-corrected chi connectivity index (χ2v) is 4.42. The van der Waals surface area contributed by atoms with Gasteiger partial charge in [0, 0.05) is 5.56 Å². The van der Waals surface area contributed by atoms with Crippen molar-refractivity contribution in [1.29, 1.82) is 0 Å². The summed E-state index contributed by atoms with van der Waals surface area (Å²) in [6, 6.07) is 10.3. The fraction of sp³-hybridized carbons (Fsp3) is 0.188. The molecule has 2 aromatic carbocycles. The van der Waals surface area contributed by atoms with Gasteiger partial charge in [-0.2, -0.15) is 8.78 Å². The molecule has 0 saturated heterocycles. The van der Waals surface area contributed by atoms with Crippen molar-refractivity contribution in [2.75, 3.05) is 7.11 Å². The van der Waals surface area contributed by atoms with E-state index in [1.54, 1.807) is 6.07 Å². The van der Waals surface area contributed by atoms with E-state index in [1.807, 2.05) is 0 Å². The van der Waals surface area contributed by atoms with Gasteiger partial charge in [-0.3, -0.25) is 0 Å². The Labute approximate surface area is 131 Å². The van der Waals surface area contributed by atoms with Crippen LogP contribution in [-0.4, -0.2) is 24.8 Å². The Bertz CT molecular complexity index is 688. The first-order chi connectivity index (χ1) is 11.0. The first-order valence-electron chi connectivity index (χ1n) is 6.58. The van der Waals surface area contributed by atoms with Gasteiger partial charge in [-0.15, -0.1) is 0 Å². The van der Waals surface area contributed by atoms with Crippen molar-refractivity contribution in [3.05, 3.63) is 53.6 Å². The maximum absolute atomic E-state index is 12.3. The summed E-state index contributed by atoms with van der Waals surface area (Å²) in [6.07, 6.45) is 0. The van der Waals surface area contributed by atoms with E-state index in [2.05, 4.69) is 4.74 Å². The number of benzene rings is 2. The van der Waals surface area contributed by atoms with Crippen molar-refractivity contribution in [2.45, 2.75) is 13.2 Å². The number of methoxy groups -OCH3 is 1. The van der Waals surface area contributed by atoms with E-state index >= 15 is 0 Å². The molecule has 0 aromatic heterocycles. The molecular weight excluding hydrogens is 310 g/mol. The number of phenolic OH excluding ortho intramolecular Hbond substituents is 1. The van der Waals surface area contributed by atoms with Crippen LogP contribution in [0.1, 0.15) is 15.9 Å². The Balaban J connectivity index is 2.11. The minimum atomic E-state index is -2.98. The van der Waals surface area contributed by atoms with Crippen LogP contribution in [0, 0.1) is 0 Å². The van der Waals surface area contributed by atoms with Crippen molar-refractivity contribution in [3.8, 4) is 17.2 Å². The molecule has 0 unspecified atom stereocenters. The van der Waals surface area contributed by atoms with Gasteiger partial charge < -0.3 is 19.3 Å². The second kappa shape index (κ2) is 7.44. The van der Waals surface area contributed by atoms with E-state index in [9.17, 15) is 18.7 Å². The van der Waals surface area contributed by atoms with Crippen molar-refractivity contribution in [3.63, 3.8) is 0 Å². The largest absolute Gasteiger partial charge is 0.504 e. The molecule has 0 heterocycles. The summed E-state index contributed by atoms with van der Waals surface area (Å²) >= 11 is 0. The predicted octanol–water partition coefficient (Wildman–Crippen LogP) is 3.36. The van der Waals surface area contributed by atoms with Gasteiger partial charge in [0.05, 0.1) is 7.11 Å². The van der Waals surface area contributed by atoms with Crippen LogP contribution in [0.3, 0.4) is 0 Å². The Morgan fingerprint density at radius 3 is 2.52 bits per heavy atom. The lowest BCUT2D eigenvalue weighted by Crippen LogP contribution is -2.09. The van der Waals surface area contributed by atoms with Gasteiger partial charge in [0.15, 0.2) is 11.5 Å². The van der Waals surface area contributed by atoms with Gasteiger partial charge in [0.25, 0.3) is 0 Å². The molecule has 0 atom stereocenters. The number of halogens is 2. The third kappa shape index (κ3) is 4.09. The Morgan fingerprint density at radius 1 is 1.13 bits per heavy atom. The molecule has 0 amide bonds. The summed E-state index contributed by atoms with van der Waals surface area (Å²) in [5, 5.41) is 9.88. The summed E-state index contributed by atoms with van der Waals surface area (Å²) in [5.74, 6) is -1.11. The number of alkyl halides is 2. The SMILES string of the molecule is COc1cccc(C(=O)OCc2ccccc2OC(F)F)c1O. The third-order valence-corrected chi connectivity index (χ3v) is 2.99. The molecule has 122 valence electrons. The molecule has 0 aliphatic carbocycles. The molecule has 0 aliphatic heterocycles. The minimum Gasteiger partial charge on any atom is -0.504 e. The molecular formula is C16H14F2O5. The number of para-hydroxylation sites is 2. The Hall–Kier alpha value is -2.83. The van der Waals surface area contributed by atoms with Gasteiger partial charge >= 0.3 is 12.6 Å². The number of rotatable bonds is 6. The molecule has 0 aliphatic rings. The average molecular weight is 324 g/mol. The maximum atomic E-state index is 12.3. The van der Waals surface area contributed by atoms with E-state index in [4.69, 9.17) is 9.47 Å². The van der Waals surface area contributed by atoms with Crippen LogP contribution in [0.15, 0.2) is 42.5 Å². The van der Waals surface area contributed by atoms with Crippen molar-refractivity contribution in [1.82, 2.24) is 0 Å². The van der Waals surface area contributed by atoms with E-state index in [0.717, 1.165) is 0 Å². The molecule has 7 heteroatoms. The van der Waals surface area contributed by atoms with Gasteiger partial charge in [-0.25, -0.2) is 4.79 Å². The molecule has 23 heavy (non-hydrogen) atoms. The van der Waals surface area contributed by atoms with Crippen LogP contribution in [0.25, 0.3) is 0 Å². The number of hydrogen-bond donors (Lipinski definition) is 1. The lowest BCUT2D eigenvalue weighted by Gasteiger charge is -2.12. The summed E-state index contributed by atoms with van der Waals surface area (Å²) in [7, 11) is 1.35. The fourth-order valence-electron chi connectivity index (χ4n) is 1.91. The summed E-state index contributed by atoms with van der Waals surface area (Å²) in [4.78, 5) is 12.0. The fourth-order valence-corrected chi connectivity index (χ4v) is 1.91. The predicted molar refractivity (Wildman–Crippen MR) is 76.9 cm³/mol. The van der Waals surface area contributed by atoms with Crippen molar-refractivity contribution < 1.29 is 32.9 Å². The van der Waals surface area contributed by atoms with Crippen LogP contribution >= 0.6 is 0 Å². The number of phenols is 1. The van der Waals surface area contributed by atoms with E-state index in [-0.39, 0.29) is 35.0 Å². The number of carbonyl (C=O) groups excluding carboxylic acids is 1. The highest BCUT2D eigenvalue weighted by Gasteiger charge is 2.17. The molecule has 2 aromatic rings. The number of carbonyl (C=O) groups is 1. The molecule has 0 bridgehead atoms. The summed E-state index contributed by atoms with van der Waals surface area (Å²) in [6.45, 7) is -3.26. The first-order valence-corrected chi connectivity index (χ1v) is 6.58. The van der Waals surface area contributed by atoms with Crippen LogP contribution in [0.4, 0.5) is 8.78 Å². The Morgan fingerprint density at radius 2 is 1.83 bits per heavy atom. The van der Waals surface area contributed by atoms with Crippen LogP contribution in [0.5, 0.6) is 17.2 Å². The maximum Gasteiger partial charge on any atom is 0.387 e. The molecule has 0 fully saturated rings. The zero-order chi connectivity index (χ0) is 16.8. The lowest BCUT2D eigenvalue weighted by atomic mass is 10.2. The topological polar surface area (TPSA) is 65.0 Å². The highest BCUT2D eigenvalue weighted by atomic mass is 19.3. The van der Waals surface area contributed by atoms with Gasteiger partial charge in [0.2, 0.25) is 0 Å². The van der Waals surface area contributed by atoms with E-state index < -0.39 is 12.6 Å². The summed E-state index contributed by atoms with van der Waals surface area (Å²) in [5.41, 5.74) is 0.195. The number of ether oxygens (including phenoxy) is 3. The molecule has 0 spiro atoms. The lowest BCUT2D eigenvalue weighted by molar-refractivity contribution is -0.0510. The van der Waals surface area contributed by atoms with Crippen LogP contribution in [0.2, 0.25) is 0 Å². The van der Waals surface area contributed by atoms with Gasteiger partial charge in [-0.05, 0) is 18.2 Å². The number of esters is 1. The smallest absolute Gasteiger partial charge is 0.387 e. The second-order valence-electron chi connectivity index (χ2n) is 4.42. The quantitative estimate of drug-likeness (QED) is 0.826. The zero-order valence-corrected chi connectivity index (χ0v) is 12.2. The first kappa shape index (κ1) is 16.5. The molecule has 5 nitrogen and oxygen atoms in total. The van der Waals surface area contributed by atoms with Crippen molar-refractivity contribution in [2.24, 2.45) is 0 Å². The van der Waals surface area contributed by atoms with Gasteiger partial charge in [0.1, 0.15) is 17.9 Å². The number of hydrogen-bond acceptors (Lipinski definition) is 5. The number of aromatic hydroxyl groups is 1. The third-order valence-electron chi connectivity index (χ3n) is 2.99. The monoisotopic (exact) mass is 324 g/mol. The van der Waals surface area contributed by atoms with Crippen LogP contribution in [-0.2, 0) is 11.3 Å². The van der Waals surface area contributed by atoms with E-state index in [0.29, 0.717) is 0 Å².